The van der Waals surface area contributed by atoms with E-state index >= 15 is 0 Å². The van der Waals surface area contributed by atoms with Gasteiger partial charge in [0.2, 0.25) is 0 Å². The van der Waals surface area contributed by atoms with Gasteiger partial charge in [-0.25, -0.2) is 9.59 Å². The second-order valence-corrected chi connectivity index (χ2v) is 10.6. The lowest BCUT2D eigenvalue weighted by atomic mass is 10.0. The smallest absolute Gasteiger partial charge is 0.333 e. The molecule has 0 bridgehead atoms. The number of aliphatic hydroxyl groups is 1. The molecule has 0 aromatic carbocycles. The maximum absolute atomic E-state index is 11.2. The van der Waals surface area contributed by atoms with Crippen LogP contribution in [0.3, 0.4) is 0 Å². The van der Waals surface area contributed by atoms with Crippen LogP contribution in [0.25, 0.3) is 0 Å². The highest BCUT2D eigenvalue weighted by molar-refractivity contribution is 5.86. The van der Waals surface area contributed by atoms with E-state index in [0.29, 0.717) is 12.2 Å². The molecular formula is C31H61NO5. The van der Waals surface area contributed by atoms with Gasteiger partial charge in [-0.3, -0.25) is 0 Å². The highest BCUT2D eigenvalue weighted by Gasteiger charge is 2.17. The van der Waals surface area contributed by atoms with Crippen molar-refractivity contribution >= 4 is 11.9 Å². The van der Waals surface area contributed by atoms with Crippen molar-refractivity contribution in [3.05, 3.63) is 24.8 Å². The number of ether oxygens (including phenoxy) is 1. The molecular weight excluding hydrogens is 466 g/mol. The minimum absolute atomic E-state index is 0.0694. The third kappa shape index (κ3) is 34.3. The first-order valence-electron chi connectivity index (χ1n) is 14.4. The molecule has 0 aliphatic rings. The number of unbranched alkanes of at least 4 members (excludes halogenated alkanes) is 15. The largest absolute Gasteiger partial charge is 0.478 e. The molecule has 0 aliphatic heterocycles. The van der Waals surface area contributed by atoms with Crippen LogP contribution in [0.1, 0.15) is 130 Å². The zero-order chi connectivity index (χ0) is 29.0. The molecule has 0 radical (unpaired) electrons. The maximum Gasteiger partial charge on any atom is 0.333 e. The Morgan fingerprint density at radius 2 is 1.14 bits per heavy atom. The molecule has 0 saturated carbocycles. The predicted molar refractivity (Wildman–Crippen MR) is 158 cm³/mol. The summed E-state index contributed by atoms with van der Waals surface area (Å²) in [5.74, 6) is -1.24. The number of rotatable bonds is 21. The van der Waals surface area contributed by atoms with Gasteiger partial charge >= 0.3 is 11.9 Å². The first-order valence-corrected chi connectivity index (χ1v) is 14.4. The number of carbonyl (C=O) groups excluding carboxylic acids is 1. The van der Waals surface area contributed by atoms with Crippen LogP contribution in [-0.2, 0) is 14.3 Å². The summed E-state index contributed by atoms with van der Waals surface area (Å²) in [7, 11) is 3.91. The fourth-order valence-corrected chi connectivity index (χ4v) is 3.08. The SMILES string of the molecule is C=C(C)C(=O)OCCCCCCCCCCCCCCCCCC.C=CC(=O)O.CN(C)C(C)(C)CO. The maximum atomic E-state index is 11.2. The van der Waals surface area contributed by atoms with E-state index in [0.717, 1.165) is 12.5 Å². The summed E-state index contributed by atoms with van der Waals surface area (Å²) in [5, 5.41) is 16.3. The lowest BCUT2D eigenvalue weighted by Gasteiger charge is -2.29. The Morgan fingerprint density at radius 1 is 0.811 bits per heavy atom. The molecule has 0 fully saturated rings. The molecule has 0 aromatic heterocycles. The van der Waals surface area contributed by atoms with E-state index in [9.17, 15) is 9.59 Å². The summed E-state index contributed by atoms with van der Waals surface area (Å²) in [4.78, 5) is 22.4. The normalized spacial score (nSPS) is 10.6. The van der Waals surface area contributed by atoms with Crippen molar-refractivity contribution in [2.24, 2.45) is 0 Å². The van der Waals surface area contributed by atoms with Crippen molar-refractivity contribution in [1.29, 1.82) is 0 Å². The molecule has 220 valence electrons. The van der Waals surface area contributed by atoms with E-state index in [4.69, 9.17) is 14.9 Å². The second-order valence-electron chi connectivity index (χ2n) is 10.6. The Kier molecular flexibility index (Phi) is 31.1. The summed E-state index contributed by atoms with van der Waals surface area (Å²) in [6, 6.07) is 0. The average Bonchev–Trinajstić information content (AvgIpc) is 2.86. The van der Waals surface area contributed by atoms with Crippen molar-refractivity contribution in [2.45, 2.75) is 136 Å². The number of hydrogen-bond acceptors (Lipinski definition) is 5. The molecule has 2 N–H and O–H groups in total. The highest BCUT2D eigenvalue weighted by atomic mass is 16.5. The highest BCUT2D eigenvalue weighted by Crippen LogP contribution is 2.13. The first kappa shape index (κ1) is 39.8. The molecule has 0 spiro atoms. The number of carboxylic acids is 1. The van der Waals surface area contributed by atoms with Crippen molar-refractivity contribution in [3.8, 4) is 0 Å². The van der Waals surface area contributed by atoms with Gasteiger partial charge in [0.1, 0.15) is 0 Å². The summed E-state index contributed by atoms with van der Waals surface area (Å²) in [5.41, 5.74) is 0.423. The molecule has 0 atom stereocenters. The van der Waals surface area contributed by atoms with E-state index < -0.39 is 5.97 Å². The van der Waals surface area contributed by atoms with E-state index in [-0.39, 0.29) is 18.1 Å². The number of esters is 1. The van der Waals surface area contributed by atoms with Gasteiger partial charge in [0.05, 0.1) is 13.2 Å². The summed E-state index contributed by atoms with van der Waals surface area (Å²) in [6.07, 6.45) is 22.6. The number of aliphatic hydroxyl groups excluding tert-OH is 1. The van der Waals surface area contributed by atoms with Crippen LogP contribution in [0.4, 0.5) is 0 Å². The standard InChI is InChI=1S/C22H42O2.C6H15NO.C3H4O2/c1-4-5-6-7-8-9-10-11-12-13-14-15-16-17-18-19-20-24-22(23)21(2)3;1-6(2,5-8)7(3)4;1-2-3(4)5/h2,4-20H2,1,3H3;8H,5H2,1-4H3;2H,1H2,(H,4,5). The van der Waals surface area contributed by atoms with Crippen molar-refractivity contribution < 1.29 is 24.5 Å². The zero-order valence-corrected chi connectivity index (χ0v) is 25.3. The van der Waals surface area contributed by atoms with Gasteiger partial charge in [-0.2, -0.15) is 0 Å². The van der Waals surface area contributed by atoms with Crippen LogP contribution in [0.2, 0.25) is 0 Å². The zero-order valence-electron chi connectivity index (χ0n) is 25.3. The Labute approximate surface area is 229 Å². The van der Waals surface area contributed by atoms with Gasteiger partial charge < -0.3 is 19.8 Å². The molecule has 0 aliphatic carbocycles. The molecule has 6 heteroatoms. The monoisotopic (exact) mass is 527 g/mol. The lowest BCUT2D eigenvalue weighted by Crippen LogP contribution is -2.41. The van der Waals surface area contributed by atoms with Crippen molar-refractivity contribution in [1.82, 2.24) is 4.90 Å². The van der Waals surface area contributed by atoms with Crippen LogP contribution >= 0.6 is 0 Å². The average molecular weight is 528 g/mol. The van der Waals surface area contributed by atoms with Crippen molar-refractivity contribution in [3.63, 3.8) is 0 Å². The molecule has 0 unspecified atom stereocenters. The van der Waals surface area contributed by atoms with E-state index in [1.54, 1.807) is 6.92 Å². The number of aliphatic carboxylic acids is 1. The molecule has 37 heavy (non-hydrogen) atoms. The molecule has 0 aromatic rings. The summed E-state index contributed by atoms with van der Waals surface area (Å²) >= 11 is 0. The third-order valence-electron chi connectivity index (χ3n) is 6.35. The Bertz CT molecular complexity index is 558. The Morgan fingerprint density at radius 3 is 1.35 bits per heavy atom. The van der Waals surface area contributed by atoms with E-state index in [2.05, 4.69) is 20.1 Å². The quantitative estimate of drug-likeness (QED) is 0.0895. The number of hydrogen-bond donors (Lipinski definition) is 2. The third-order valence-corrected chi connectivity index (χ3v) is 6.35. The summed E-state index contributed by atoms with van der Waals surface area (Å²) in [6.45, 7) is 15.2. The van der Waals surface area contributed by atoms with Gasteiger partial charge in [-0.1, -0.05) is 116 Å². The number of nitrogens with zero attached hydrogens (tertiary/aromatic N) is 1. The number of likely N-dealkylation sites (N-methyl/N-ethyl adjacent to an activating group) is 1. The van der Waals surface area contributed by atoms with Gasteiger partial charge in [0, 0.05) is 17.2 Å². The lowest BCUT2D eigenvalue weighted by molar-refractivity contribution is -0.139. The fraction of sp³-hybridized carbons (Fsp3) is 0.806. The molecule has 0 amide bonds. The molecule has 0 saturated heterocycles. The Balaban J connectivity index is -0.000000726. The van der Waals surface area contributed by atoms with Crippen LogP contribution in [0.15, 0.2) is 24.8 Å². The molecule has 6 nitrogen and oxygen atoms in total. The van der Waals surface area contributed by atoms with E-state index in [1.807, 2.05) is 32.8 Å². The molecule has 0 rings (SSSR count). The fourth-order valence-electron chi connectivity index (χ4n) is 3.08. The minimum Gasteiger partial charge on any atom is -0.478 e. The van der Waals surface area contributed by atoms with Crippen LogP contribution in [0.5, 0.6) is 0 Å². The topological polar surface area (TPSA) is 87.1 Å². The van der Waals surface area contributed by atoms with Crippen molar-refractivity contribution in [2.75, 3.05) is 27.3 Å². The second kappa shape index (κ2) is 28.9. The van der Waals surface area contributed by atoms with Gasteiger partial charge in [-0.15, -0.1) is 0 Å². The van der Waals surface area contributed by atoms with Gasteiger partial charge in [0.15, 0.2) is 0 Å². The van der Waals surface area contributed by atoms with E-state index in [1.165, 1.54) is 96.3 Å². The van der Waals surface area contributed by atoms with Crippen LogP contribution < -0.4 is 0 Å². The minimum atomic E-state index is -0.981. The van der Waals surface area contributed by atoms with Crippen LogP contribution in [-0.4, -0.2) is 59.9 Å². The Hall–Kier alpha value is -1.66. The molecule has 0 heterocycles. The number of carboxylic acid groups (broad SMARTS) is 1. The number of carbonyl (C=O) groups is 2. The van der Waals surface area contributed by atoms with Crippen LogP contribution in [0, 0.1) is 0 Å². The summed E-state index contributed by atoms with van der Waals surface area (Å²) < 4.78 is 5.08. The first-order chi connectivity index (χ1) is 17.5. The van der Waals surface area contributed by atoms with Gasteiger partial charge in [0.25, 0.3) is 0 Å². The van der Waals surface area contributed by atoms with Gasteiger partial charge in [-0.05, 0) is 41.3 Å². The predicted octanol–water partition coefficient (Wildman–Crippen LogP) is 7.94.